The molecule has 0 spiro atoms. The predicted molar refractivity (Wildman–Crippen MR) is 114 cm³/mol. The van der Waals surface area contributed by atoms with Crippen LogP contribution in [0.25, 0.3) is 0 Å². The first-order valence-corrected chi connectivity index (χ1v) is 11.5. The highest BCUT2D eigenvalue weighted by molar-refractivity contribution is 5.97. The van der Waals surface area contributed by atoms with Crippen LogP contribution in [0.15, 0.2) is 18.2 Å². The summed E-state index contributed by atoms with van der Waals surface area (Å²) < 4.78 is 11.8. The summed E-state index contributed by atoms with van der Waals surface area (Å²) in [6, 6.07) is 5.80. The number of ether oxygens (including phenoxy) is 2. The van der Waals surface area contributed by atoms with Crippen molar-refractivity contribution < 1.29 is 14.3 Å². The van der Waals surface area contributed by atoms with Crippen molar-refractivity contribution in [1.29, 1.82) is 0 Å². The molecule has 1 aliphatic heterocycles. The van der Waals surface area contributed by atoms with E-state index in [1.165, 1.54) is 38.5 Å². The lowest BCUT2D eigenvalue weighted by Crippen LogP contribution is -2.34. The van der Waals surface area contributed by atoms with Gasteiger partial charge in [-0.15, -0.1) is 0 Å². The minimum atomic E-state index is 0.243. The Balaban J connectivity index is 1.45. The molecule has 1 aromatic rings. The highest BCUT2D eigenvalue weighted by Gasteiger charge is 2.32. The van der Waals surface area contributed by atoms with Crippen LogP contribution in [-0.4, -0.2) is 25.1 Å². The number of Topliss-reactive ketones (excluding diaryl/α,β-unsaturated/α-hetero) is 1. The third kappa shape index (κ3) is 5.59. The quantitative estimate of drug-likeness (QED) is 0.487. The molecule has 1 saturated heterocycles. The number of carbonyl (C=O) groups is 1. The predicted octanol–water partition coefficient (Wildman–Crippen LogP) is 6.37. The molecule has 2 unspecified atom stereocenters. The molecule has 3 heteroatoms. The van der Waals surface area contributed by atoms with Crippen LogP contribution in [0.4, 0.5) is 0 Å². The molecule has 0 bridgehead atoms. The van der Waals surface area contributed by atoms with Crippen LogP contribution < -0.4 is 4.74 Å². The molecule has 3 nitrogen and oxygen atoms in total. The summed E-state index contributed by atoms with van der Waals surface area (Å²) >= 11 is 0. The van der Waals surface area contributed by atoms with Crippen molar-refractivity contribution in [2.45, 2.75) is 84.7 Å². The zero-order valence-electron chi connectivity index (χ0n) is 18.0. The maximum Gasteiger partial charge on any atom is 0.163 e. The molecule has 2 fully saturated rings. The largest absolute Gasteiger partial charge is 0.494 e. The lowest BCUT2D eigenvalue weighted by molar-refractivity contribution is -0.0580. The Bertz CT molecular complexity index is 623. The van der Waals surface area contributed by atoms with Crippen molar-refractivity contribution in [3.63, 3.8) is 0 Å². The summed E-state index contributed by atoms with van der Waals surface area (Å²) in [7, 11) is 0. The topological polar surface area (TPSA) is 35.5 Å². The van der Waals surface area contributed by atoms with E-state index in [-0.39, 0.29) is 5.78 Å². The van der Waals surface area contributed by atoms with Crippen LogP contribution in [0.1, 0.15) is 87.6 Å². The molecule has 0 amide bonds. The van der Waals surface area contributed by atoms with Crippen LogP contribution in [0, 0.1) is 24.7 Å². The first kappa shape index (κ1) is 21.4. The number of hydrogen-bond donors (Lipinski definition) is 0. The van der Waals surface area contributed by atoms with E-state index in [1.54, 1.807) is 0 Å². The van der Waals surface area contributed by atoms with E-state index in [0.717, 1.165) is 48.2 Å². The molecule has 0 N–H and O–H groups in total. The van der Waals surface area contributed by atoms with Crippen molar-refractivity contribution in [3.05, 3.63) is 29.3 Å². The Morgan fingerprint density at radius 1 is 1.07 bits per heavy atom. The van der Waals surface area contributed by atoms with Gasteiger partial charge in [-0.1, -0.05) is 32.6 Å². The molecule has 28 heavy (non-hydrogen) atoms. The molecule has 3 rings (SSSR count). The summed E-state index contributed by atoms with van der Waals surface area (Å²) in [5.74, 6) is 3.15. The molecule has 1 saturated carbocycles. The second-order valence-corrected chi connectivity index (χ2v) is 8.92. The monoisotopic (exact) mass is 386 g/mol. The van der Waals surface area contributed by atoms with E-state index in [4.69, 9.17) is 9.47 Å². The number of benzene rings is 1. The van der Waals surface area contributed by atoms with Crippen molar-refractivity contribution >= 4 is 5.78 Å². The van der Waals surface area contributed by atoms with Crippen molar-refractivity contribution in [3.8, 4) is 5.75 Å². The SMILES string of the molecule is CCCC1CCC(C2CCC(CC(=O)c3ccc(OCC)cc3C)CO2)CC1. The molecule has 2 aliphatic rings. The van der Waals surface area contributed by atoms with E-state index in [9.17, 15) is 4.79 Å². The highest BCUT2D eigenvalue weighted by atomic mass is 16.5. The third-order valence-corrected chi connectivity index (χ3v) is 6.80. The van der Waals surface area contributed by atoms with Gasteiger partial charge in [0.25, 0.3) is 0 Å². The average Bonchev–Trinajstić information content (AvgIpc) is 2.70. The third-order valence-electron chi connectivity index (χ3n) is 6.80. The molecule has 156 valence electrons. The summed E-state index contributed by atoms with van der Waals surface area (Å²) in [5, 5.41) is 0. The zero-order valence-corrected chi connectivity index (χ0v) is 18.0. The Kier molecular flexibility index (Phi) is 7.96. The normalized spacial score (nSPS) is 28.1. The first-order chi connectivity index (χ1) is 13.6. The van der Waals surface area contributed by atoms with Gasteiger partial charge in [-0.2, -0.15) is 0 Å². The Morgan fingerprint density at radius 3 is 2.43 bits per heavy atom. The Hall–Kier alpha value is -1.35. The van der Waals surface area contributed by atoms with Gasteiger partial charge in [0.2, 0.25) is 0 Å². The van der Waals surface area contributed by atoms with Crippen molar-refractivity contribution in [2.24, 2.45) is 17.8 Å². The summed E-state index contributed by atoms with van der Waals surface area (Å²) in [4.78, 5) is 12.8. The molecular formula is C25H38O3. The fraction of sp³-hybridized carbons (Fsp3) is 0.720. The van der Waals surface area contributed by atoms with Gasteiger partial charge in [0, 0.05) is 12.0 Å². The lowest BCUT2D eigenvalue weighted by atomic mass is 9.76. The van der Waals surface area contributed by atoms with Gasteiger partial charge in [0.05, 0.1) is 19.3 Å². The summed E-state index contributed by atoms with van der Waals surface area (Å²) in [6.45, 7) is 7.67. The van der Waals surface area contributed by atoms with Gasteiger partial charge in [-0.3, -0.25) is 4.79 Å². The summed E-state index contributed by atoms with van der Waals surface area (Å²) in [5.41, 5.74) is 1.84. The minimum absolute atomic E-state index is 0.243. The fourth-order valence-electron chi connectivity index (χ4n) is 5.19. The maximum atomic E-state index is 12.8. The van der Waals surface area contributed by atoms with Gasteiger partial charge in [-0.25, -0.2) is 0 Å². The van der Waals surface area contributed by atoms with Gasteiger partial charge in [0.1, 0.15) is 5.75 Å². The van der Waals surface area contributed by atoms with Gasteiger partial charge in [-0.05, 0) is 81.0 Å². The van der Waals surface area contributed by atoms with E-state index >= 15 is 0 Å². The van der Waals surface area contributed by atoms with E-state index in [0.29, 0.717) is 25.0 Å². The van der Waals surface area contributed by atoms with Crippen LogP contribution in [0.2, 0.25) is 0 Å². The Labute approximate surface area is 171 Å². The smallest absolute Gasteiger partial charge is 0.163 e. The van der Waals surface area contributed by atoms with Crippen molar-refractivity contribution in [2.75, 3.05) is 13.2 Å². The van der Waals surface area contributed by atoms with Crippen LogP contribution in [0.3, 0.4) is 0 Å². The maximum absolute atomic E-state index is 12.8. The molecule has 1 aliphatic carbocycles. The van der Waals surface area contributed by atoms with Gasteiger partial charge >= 0.3 is 0 Å². The molecule has 0 aromatic heterocycles. The number of aryl methyl sites for hydroxylation is 1. The number of rotatable bonds is 8. The summed E-state index contributed by atoms with van der Waals surface area (Å²) in [6.07, 6.45) is 11.5. The second-order valence-electron chi connectivity index (χ2n) is 8.92. The van der Waals surface area contributed by atoms with E-state index in [2.05, 4.69) is 6.92 Å². The average molecular weight is 387 g/mol. The first-order valence-electron chi connectivity index (χ1n) is 11.5. The zero-order chi connectivity index (χ0) is 19.9. The number of ketones is 1. The van der Waals surface area contributed by atoms with Gasteiger partial charge in [0.15, 0.2) is 5.78 Å². The van der Waals surface area contributed by atoms with Crippen LogP contribution >= 0.6 is 0 Å². The van der Waals surface area contributed by atoms with Crippen LogP contribution in [-0.2, 0) is 4.74 Å². The number of hydrogen-bond acceptors (Lipinski definition) is 3. The van der Waals surface area contributed by atoms with E-state index in [1.807, 2.05) is 32.0 Å². The van der Waals surface area contributed by atoms with E-state index < -0.39 is 0 Å². The Morgan fingerprint density at radius 2 is 1.82 bits per heavy atom. The minimum Gasteiger partial charge on any atom is -0.494 e. The molecule has 0 radical (unpaired) electrons. The highest BCUT2D eigenvalue weighted by Crippen LogP contribution is 2.38. The van der Waals surface area contributed by atoms with Gasteiger partial charge < -0.3 is 9.47 Å². The standard InChI is InChI=1S/C25H38O3/c1-4-6-19-7-10-21(11-8-19)25-14-9-20(17-28-25)16-24(26)23-13-12-22(27-5-2)15-18(23)3/h12-13,15,19-21,25H,4-11,14,16-17H2,1-3H3. The van der Waals surface area contributed by atoms with Crippen LogP contribution in [0.5, 0.6) is 5.75 Å². The molecule has 1 heterocycles. The lowest BCUT2D eigenvalue weighted by Gasteiger charge is -2.37. The number of carbonyl (C=O) groups excluding carboxylic acids is 1. The molecule has 2 atom stereocenters. The van der Waals surface area contributed by atoms with Crippen molar-refractivity contribution in [1.82, 2.24) is 0 Å². The second kappa shape index (κ2) is 10.4. The fourth-order valence-corrected chi connectivity index (χ4v) is 5.19. The molecule has 1 aromatic carbocycles. The molecular weight excluding hydrogens is 348 g/mol.